The molecule has 1 aromatic heterocycles. The fraction of sp³-hybridized carbons (Fsp3) is 0.750. The van der Waals surface area contributed by atoms with Crippen LogP contribution in [-0.2, 0) is 13.6 Å². The van der Waals surface area contributed by atoms with Crippen LogP contribution in [0.1, 0.15) is 32.0 Å². The Balaban J connectivity index is 3.11. The van der Waals surface area contributed by atoms with Gasteiger partial charge in [-0.3, -0.25) is 4.68 Å². The second kappa shape index (κ2) is 5.06. The van der Waals surface area contributed by atoms with E-state index in [0.29, 0.717) is 13.1 Å². The van der Waals surface area contributed by atoms with Gasteiger partial charge in [0.25, 0.3) is 0 Å². The van der Waals surface area contributed by atoms with Gasteiger partial charge in [-0.25, -0.2) is 0 Å². The Hall–Kier alpha value is -1.07. The molecular formula is C12H24N4O. The minimum absolute atomic E-state index is 0.470. The van der Waals surface area contributed by atoms with Crippen molar-refractivity contribution >= 4 is 5.82 Å². The number of anilines is 1. The van der Waals surface area contributed by atoms with Crippen molar-refractivity contribution in [1.82, 2.24) is 9.78 Å². The van der Waals surface area contributed by atoms with Gasteiger partial charge in [-0.15, -0.1) is 0 Å². The summed E-state index contributed by atoms with van der Waals surface area (Å²) in [7, 11) is 1.91. The normalized spacial score (nSPS) is 11.9. The van der Waals surface area contributed by atoms with Gasteiger partial charge < -0.3 is 15.7 Å². The first-order valence-corrected chi connectivity index (χ1v) is 6.00. The highest BCUT2D eigenvalue weighted by atomic mass is 16.3. The van der Waals surface area contributed by atoms with Crippen molar-refractivity contribution in [3.8, 4) is 0 Å². The number of rotatable bonds is 5. The molecular weight excluding hydrogens is 216 g/mol. The number of aromatic nitrogens is 2. The Morgan fingerprint density at radius 1 is 1.47 bits per heavy atom. The highest BCUT2D eigenvalue weighted by Crippen LogP contribution is 2.24. The third kappa shape index (κ3) is 3.20. The first-order valence-electron chi connectivity index (χ1n) is 6.00. The summed E-state index contributed by atoms with van der Waals surface area (Å²) in [5.74, 6) is 1.01. The molecule has 0 spiro atoms. The smallest absolute Gasteiger partial charge is 0.131 e. The summed E-state index contributed by atoms with van der Waals surface area (Å²) in [5.41, 5.74) is 7.05. The van der Waals surface area contributed by atoms with Crippen LogP contribution in [0.25, 0.3) is 0 Å². The average Bonchev–Trinajstić information content (AvgIpc) is 2.48. The molecule has 1 heterocycles. The molecule has 5 nitrogen and oxygen atoms in total. The number of aryl methyl sites for hydroxylation is 2. The van der Waals surface area contributed by atoms with Gasteiger partial charge in [0.1, 0.15) is 5.82 Å². The largest absolute Gasteiger partial charge is 0.389 e. The van der Waals surface area contributed by atoms with Gasteiger partial charge in [-0.1, -0.05) is 0 Å². The maximum atomic E-state index is 9.94. The van der Waals surface area contributed by atoms with Gasteiger partial charge in [-0.2, -0.15) is 5.10 Å². The molecule has 0 radical (unpaired) electrons. The molecule has 0 fully saturated rings. The van der Waals surface area contributed by atoms with E-state index in [1.165, 1.54) is 0 Å². The van der Waals surface area contributed by atoms with Crippen molar-refractivity contribution in [3.63, 3.8) is 0 Å². The molecule has 98 valence electrons. The van der Waals surface area contributed by atoms with E-state index in [0.717, 1.165) is 23.6 Å². The Morgan fingerprint density at radius 2 is 2.06 bits per heavy atom. The summed E-state index contributed by atoms with van der Waals surface area (Å²) in [6, 6.07) is 0. The number of aliphatic hydroxyl groups is 1. The summed E-state index contributed by atoms with van der Waals surface area (Å²) >= 11 is 0. The van der Waals surface area contributed by atoms with Crippen molar-refractivity contribution < 1.29 is 5.11 Å². The molecule has 0 bridgehead atoms. The summed E-state index contributed by atoms with van der Waals surface area (Å²) in [4.78, 5) is 2.11. The van der Waals surface area contributed by atoms with Crippen LogP contribution in [0.4, 0.5) is 5.82 Å². The lowest BCUT2D eigenvalue weighted by Crippen LogP contribution is -2.40. The lowest BCUT2D eigenvalue weighted by atomic mass is 10.1. The molecule has 0 unspecified atom stereocenters. The second-order valence-corrected chi connectivity index (χ2v) is 5.04. The van der Waals surface area contributed by atoms with Gasteiger partial charge in [-0.05, 0) is 27.7 Å². The van der Waals surface area contributed by atoms with E-state index in [9.17, 15) is 5.11 Å². The SMILES string of the molecule is CCN(CC(C)(C)O)c1c(CN)c(C)nn1C. The molecule has 1 rings (SSSR count). The average molecular weight is 240 g/mol. The molecule has 0 aliphatic heterocycles. The highest BCUT2D eigenvalue weighted by Gasteiger charge is 2.23. The molecule has 0 aromatic carbocycles. The highest BCUT2D eigenvalue weighted by molar-refractivity contribution is 5.50. The number of likely N-dealkylation sites (N-methyl/N-ethyl adjacent to an activating group) is 1. The first-order chi connectivity index (χ1) is 7.80. The Kier molecular flexibility index (Phi) is 4.16. The lowest BCUT2D eigenvalue weighted by molar-refractivity contribution is 0.0872. The topological polar surface area (TPSA) is 67.3 Å². The summed E-state index contributed by atoms with van der Waals surface area (Å²) in [5, 5.41) is 14.3. The van der Waals surface area contributed by atoms with Crippen LogP contribution in [0.5, 0.6) is 0 Å². The third-order valence-corrected chi connectivity index (χ3v) is 2.78. The predicted octanol–water partition coefficient (Wildman–Crippen LogP) is 0.784. The fourth-order valence-corrected chi connectivity index (χ4v) is 2.13. The van der Waals surface area contributed by atoms with Crippen molar-refractivity contribution in [2.75, 3.05) is 18.0 Å². The second-order valence-electron chi connectivity index (χ2n) is 5.04. The van der Waals surface area contributed by atoms with E-state index in [-0.39, 0.29) is 0 Å². The Bertz CT molecular complexity index is 379. The van der Waals surface area contributed by atoms with E-state index < -0.39 is 5.60 Å². The maximum absolute atomic E-state index is 9.94. The zero-order chi connectivity index (χ0) is 13.2. The number of nitrogens with two attached hydrogens (primary N) is 1. The minimum atomic E-state index is -0.736. The third-order valence-electron chi connectivity index (χ3n) is 2.78. The van der Waals surface area contributed by atoms with Crippen LogP contribution >= 0.6 is 0 Å². The zero-order valence-corrected chi connectivity index (χ0v) is 11.5. The molecule has 0 atom stereocenters. The summed E-state index contributed by atoms with van der Waals surface area (Å²) in [6.07, 6.45) is 0. The fourth-order valence-electron chi connectivity index (χ4n) is 2.13. The monoisotopic (exact) mass is 240 g/mol. The predicted molar refractivity (Wildman–Crippen MR) is 70.0 cm³/mol. The van der Waals surface area contributed by atoms with Crippen LogP contribution in [0.15, 0.2) is 0 Å². The van der Waals surface area contributed by atoms with E-state index >= 15 is 0 Å². The van der Waals surface area contributed by atoms with Gasteiger partial charge in [0, 0.05) is 32.2 Å². The molecule has 0 aliphatic rings. The lowest BCUT2D eigenvalue weighted by Gasteiger charge is -2.30. The summed E-state index contributed by atoms with van der Waals surface area (Å²) < 4.78 is 1.84. The van der Waals surface area contributed by atoms with Gasteiger partial charge >= 0.3 is 0 Å². The van der Waals surface area contributed by atoms with Crippen LogP contribution in [0.3, 0.4) is 0 Å². The maximum Gasteiger partial charge on any atom is 0.131 e. The van der Waals surface area contributed by atoms with Crippen LogP contribution in [0.2, 0.25) is 0 Å². The standard InChI is InChI=1S/C12H24N4O/c1-6-16(8-12(3,4)17)11-10(7-13)9(2)14-15(11)5/h17H,6-8,13H2,1-5H3. The van der Waals surface area contributed by atoms with Crippen molar-refractivity contribution in [3.05, 3.63) is 11.3 Å². The molecule has 0 saturated carbocycles. The molecule has 5 heteroatoms. The first kappa shape index (κ1) is 14.0. The van der Waals surface area contributed by atoms with Crippen molar-refractivity contribution in [1.29, 1.82) is 0 Å². The van der Waals surface area contributed by atoms with E-state index in [1.807, 2.05) is 18.7 Å². The molecule has 0 saturated heterocycles. The van der Waals surface area contributed by atoms with E-state index in [1.54, 1.807) is 13.8 Å². The molecule has 1 aromatic rings. The molecule has 0 amide bonds. The number of hydrogen-bond acceptors (Lipinski definition) is 4. The molecule has 3 N–H and O–H groups in total. The zero-order valence-electron chi connectivity index (χ0n) is 11.5. The quantitative estimate of drug-likeness (QED) is 0.798. The van der Waals surface area contributed by atoms with E-state index in [2.05, 4.69) is 16.9 Å². The van der Waals surface area contributed by atoms with Crippen molar-refractivity contribution in [2.45, 2.75) is 39.8 Å². The molecule has 0 aliphatic carbocycles. The van der Waals surface area contributed by atoms with Gasteiger partial charge in [0.05, 0.1) is 11.3 Å². The van der Waals surface area contributed by atoms with Crippen LogP contribution < -0.4 is 10.6 Å². The van der Waals surface area contributed by atoms with Crippen molar-refractivity contribution in [2.24, 2.45) is 12.8 Å². The Morgan fingerprint density at radius 3 is 2.47 bits per heavy atom. The van der Waals surface area contributed by atoms with Crippen LogP contribution in [-0.4, -0.2) is 33.6 Å². The van der Waals surface area contributed by atoms with Crippen LogP contribution in [0, 0.1) is 6.92 Å². The molecule has 17 heavy (non-hydrogen) atoms. The number of nitrogens with zero attached hydrogens (tertiary/aromatic N) is 3. The Labute approximate surface area is 103 Å². The minimum Gasteiger partial charge on any atom is -0.389 e. The van der Waals surface area contributed by atoms with Gasteiger partial charge in [0.15, 0.2) is 0 Å². The number of hydrogen-bond donors (Lipinski definition) is 2. The van der Waals surface area contributed by atoms with E-state index in [4.69, 9.17) is 5.73 Å². The van der Waals surface area contributed by atoms with Gasteiger partial charge in [0.2, 0.25) is 0 Å². The summed E-state index contributed by atoms with van der Waals surface area (Å²) in [6.45, 7) is 9.49.